The molecule has 2 amide bonds. The van der Waals surface area contributed by atoms with Crippen molar-refractivity contribution in [2.75, 3.05) is 0 Å². The van der Waals surface area contributed by atoms with Crippen molar-refractivity contribution >= 4 is 23.3 Å². The molecule has 20 heavy (non-hydrogen) atoms. The van der Waals surface area contributed by atoms with Gasteiger partial charge in [0.1, 0.15) is 0 Å². The summed E-state index contributed by atoms with van der Waals surface area (Å²) in [5.74, 6) is -1.11. The third-order valence-corrected chi connectivity index (χ3v) is 4.28. The summed E-state index contributed by atoms with van der Waals surface area (Å²) in [7, 11) is 0. The zero-order valence-electron chi connectivity index (χ0n) is 11.4. The first kappa shape index (κ1) is 14.8. The van der Waals surface area contributed by atoms with Crippen LogP contribution in [0.25, 0.3) is 0 Å². The minimum Gasteiger partial charge on any atom is -0.481 e. The van der Waals surface area contributed by atoms with E-state index in [2.05, 4.69) is 15.6 Å². The number of hydrogen-bond donors (Lipinski definition) is 3. The highest BCUT2D eigenvalue weighted by molar-refractivity contribution is 7.09. The minimum atomic E-state index is -0.769. The summed E-state index contributed by atoms with van der Waals surface area (Å²) >= 11 is 1.55. The third-order valence-electron chi connectivity index (χ3n) is 3.46. The van der Waals surface area contributed by atoms with Crippen LogP contribution in [-0.2, 0) is 11.3 Å². The predicted molar refractivity (Wildman–Crippen MR) is 75.6 cm³/mol. The highest BCUT2D eigenvalue weighted by Gasteiger charge is 2.27. The Bertz CT molecular complexity index is 489. The van der Waals surface area contributed by atoms with Gasteiger partial charge in [-0.3, -0.25) is 4.79 Å². The van der Waals surface area contributed by atoms with Gasteiger partial charge in [-0.1, -0.05) is 6.42 Å². The number of carboxylic acids is 1. The van der Waals surface area contributed by atoms with Crippen molar-refractivity contribution in [3.8, 4) is 0 Å². The van der Waals surface area contributed by atoms with Crippen LogP contribution in [-0.4, -0.2) is 28.1 Å². The molecule has 1 saturated carbocycles. The zero-order chi connectivity index (χ0) is 14.5. The molecule has 0 saturated heterocycles. The summed E-state index contributed by atoms with van der Waals surface area (Å²) in [4.78, 5) is 27.0. The predicted octanol–water partition coefficient (Wildman–Crippen LogP) is 1.89. The second kappa shape index (κ2) is 6.69. The summed E-state index contributed by atoms with van der Waals surface area (Å²) in [5.41, 5.74) is 0.842. The summed E-state index contributed by atoms with van der Waals surface area (Å²) in [5, 5.41) is 17.5. The second-order valence-electron chi connectivity index (χ2n) is 5.08. The monoisotopic (exact) mass is 297 g/mol. The summed E-state index contributed by atoms with van der Waals surface area (Å²) in [6.45, 7) is 2.31. The molecule has 1 aliphatic rings. The molecule has 0 spiro atoms. The SMILES string of the molecule is Cc1nc(CNC(=O)NC2CCCC(C(=O)O)C2)cs1. The lowest BCUT2D eigenvalue weighted by Gasteiger charge is -2.27. The number of nitrogens with zero attached hydrogens (tertiary/aromatic N) is 1. The van der Waals surface area contributed by atoms with Gasteiger partial charge in [-0.05, 0) is 26.2 Å². The van der Waals surface area contributed by atoms with Crippen LogP contribution in [0.4, 0.5) is 4.79 Å². The van der Waals surface area contributed by atoms with E-state index in [4.69, 9.17) is 5.11 Å². The smallest absolute Gasteiger partial charge is 0.315 e. The summed E-state index contributed by atoms with van der Waals surface area (Å²) in [6.07, 6.45) is 2.89. The zero-order valence-corrected chi connectivity index (χ0v) is 12.2. The molecule has 6 nitrogen and oxygen atoms in total. The third kappa shape index (κ3) is 4.19. The van der Waals surface area contributed by atoms with Crippen molar-refractivity contribution in [3.05, 3.63) is 16.1 Å². The number of aryl methyl sites for hydroxylation is 1. The van der Waals surface area contributed by atoms with Gasteiger partial charge < -0.3 is 15.7 Å². The first-order valence-electron chi connectivity index (χ1n) is 6.73. The number of rotatable bonds is 4. The largest absolute Gasteiger partial charge is 0.481 e. The fourth-order valence-corrected chi connectivity index (χ4v) is 3.05. The Morgan fingerprint density at radius 1 is 1.50 bits per heavy atom. The van der Waals surface area contributed by atoms with E-state index in [1.165, 1.54) is 0 Å². The van der Waals surface area contributed by atoms with Gasteiger partial charge >= 0.3 is 12.0 Å². The van der Waals surface area contributed by atoms with E-state index in [1.807, 2.05) is 12.3 Å². The molecule has 0 aliphatic heterocycles. The molecule has 0 radical (unpaired) electrons. The Hall–Kier alpha value is -1.63. The maximum atomic E-state index is 11.8. The van der Waals surface area contributed by atoms with E-state index in [0.717, 1.165) is 23.5 Å². The van der Waals surface area contributed by atoms with Crippen molar-refractivity contribution in [2.24, 2.45) is 5.92 Å². The van der Waals surface area contributed by atoms with Crippen molar-refractivity contribution in [1.29, 1.82) is 0 Å². The average molecular weight is 297 g/mol. The van der Waals surface area contributed by atoms with E-state index in [-0.39, 0.29) is 18.0 Å². The molecular weight excluding hydrogens is 278 g/mol. The lowest BCUT2D eigenvalue weighted by atomic mass is 9.86. The van der Waals surface area contributed by atoms with Crippen LogP contribution in [0.5, 0.6) is 0 Å². The molecule has 1 heterocycles. The van der Waals surface area contributed by atoms with Crippen molar-refractivity contribution < 1.29 is 14.7 Å². The van der Waals surface area contributed by atoms with Gasteiger partial charge in [0.15, 0.2) is 0 Å². The maximum Gasteiger partial charge on any atom is 0.315 e. The molecule has 1 fully saturated rings. The van der Waals surface area contributed by atoms with Crippen molar-refractivity contribution in [1.82, 2.24) is 15.6 Å². The quantitative estimate of drug-likeness (QED) is 0.791. The van der Waals surface area contributed by atoms with E-state index in [9.17, 15) is 9.59 Å². The molecule has 1 aromatic rings. The molecular formula is C13H19N3O3S. The molecule has 2 atom stereocenters. The second-order valence-corrected chi connectivity index (χ2v) is 6.15. The topological polar surface area (TPSA) is 91.3 Å². The van der Waals surface area contributed by atoms with Crippen molar-refractivity contribution in [3.63, 3.8) is 0 Å². The van der Waals surface area contributed by atoms with Crippen LogP contribution in [0, 0.1) is 12.8 Å². The van der Waals surface area contributed by atoms with Crippen molar-refractivity contribution in [2.45, 2.75) is 45.2 Å². The number of aromatic nitrogens is 1. The van der Waals surface area contributed by atoms with Crippen LogP contribution in [0.2, 0.25) is 0 Å². The molecule has 1 aliphatic carbocycles. The Balaban J connectivity index is 1.75. The van der Waals surface area contributed by atoms with E-state index in [0.29, 0.717) is 19.4 Å². The molecule has 2 rings (SSSR count). The average Bonchev–Trinajstić information content (AvgIpc) is 2.82. The van der Waals surface area contributed by atoms with Gasteiger partial charge in [0, 0.05) is 11.4 Å². The van der Waals surface area contributed by atoms with Crippen LogP contribution in [0.3, 0.4) is 0 Å². The summed E-state index contributed by atoms with van der Waals surface area (Å²) < 4.78 is 0. The molecule has 0 aromatic carbocycles. The fraction of sp³-hybridized carbons (Fsp3) is 0.615. The highest BCUT2D eigenvalue weighted by atomic mass is 32.1. The van der Waals surface area contributed by atoms with Crippen LogP contribution >= 0.6 is 11.3 Å². The van der Waals surface area contributed by atoms with E-state index >= 15 is 0 Å². The standard InChI is InChI=1S/C13H19N3O3S/c1-8-15-11(7-20-8)6-14-13(19)16-10-4-2-3-9(5-10)12(17)18/h7,9-10H,2-6H2,1H3,(H,17,18)(H2,14,16,19). The number of thiazole rings is 1. The Labute approximate surface area is 121 Å². The molecule has 7 heteroatoms. The Morgan fingerprint density at radius 2 is 2.30 bits per heavy atom. The molecule has 110 valence electrons. The molecule has 3 N–H and O–H groups in total. The van der Waals surface area contributed by atoms with Crippen LogP contribution in [0.1, 0.15) is 36.4 Å². The van der Waals surface area contributed by atoms with Gasteiger partial charge in [-0.2, -0.15) is 0 Å². The highest BCUT2D eigenvalue weighted by Crippen LogP contribution is 2.24. The van der Waals surface area contributed by atoms with Gasteiger partial charge in [-0.25, -0.2) is 9.78 Å². The lowest BCUT2D eigenvalue weighted by molar-refractivity contribution is -0.143. The molecule has 2 unspecified atom stereocenters. The maximum absolute atomic E-state index is 11.8. The van der Waals surface area contributed by atoms with E-state index < -0.39 is 5.97 Å². The minimum absolute atomic E-state index is 0.0537. The number of amides is 2. The number of carboxylic acid groups (broad SMARTS) is 1. The Morgan fingerprint density at radius 3 is 2.95 bits per heavy atom. The molecule has 1 aromatic heterocycles. The number of nitrogens with one attached hydrogen (secondary N) is 2. The van der Waals surface area contributed by atoms with Gasteiger partial charge in [0.2, 0.25) is 0 Å². The first-order valence-corrected chi connectivity index (χ1v) is 7.60. The van der Waals surface area contributed by atoms with Gasteiger partial charge in [0.05, 0.1) is 23.2 Å². The number of urea groups is 1. The van der Waals surface area contributed by atoms with E-state index in [1.54, 1.807) is 11.3 Å². The lowest BCUT2D eigenvalue weighted by Crippen LogP contribution is -2.44. The Kier molecular flexibility index (Phi) is 4.94. The number of carbonyl (C=O) groups is 2. The summed E-state index contributed by atoms with van der Waals surface area (Å²) in [6, 6.07) is -0.311. The number of carbonyl (C=O) groups excluding carboxylic acids is 1. The van der Waals surface area contributed by atoms with Crippen LogP contribution in [0.15, 0.2) is 5.38 Å². The number of hydrogen-bond acceptors (Lipinski definition) is 4. The van der Waals surface area contributed by atoms with Crippen LogP contribution < -0.4 is 10.6 Å². The number of aliphatic carboxylic acids is 1. The first-order chi connectivity index (χ1) is 9.54. The normalized spacial score (nSPS) is 22.2. The van der Waals surface area contributed by atoms with Gasteiger partial charge in [0.25, 0.3) is 0 Å². The molecule has 0 bridgehead atoms. The van der Waals surface area contributed by atoms with Gasteiger partial charge in [-0.15, -0.1) is 11.3 Å². The fourth-order valence-electron chi connectivity index (χ4n) is 2.44.